The number of carbonyl (C=O) groups excluding carboxylic acids is 1. The van der Waals surface area contributed by atoms with E-state index in [-0.39, 0.29) is 18.0 Å². The van der Waals surface area contributed by atoms with Crippen LogP contribution in [-0.2, 0) is 0 Å². The van der Waals surface area contributed by atoms with Crippen LogP contribution in [0.2, 0.25) is 0 Å². The van der Waals surface area contributed by atoms with Crippen molar-refractivity contribution in [3.05, 3.63) is 48.2 Å². The molecule has 6 nitrogen and oxygen atoms in total. The van der Waals surface area contributed by atoms with Crippen LogP contribution >= 0.6 is 0 Å². The summed E-state index contributed by atoms with van der Waals surface area (Å²) in [5.41, 5.74) is 3.16. The Morgan fingerprint density at radius 1 is 1.29 bits per heavy atom. The third-order valence-corrected chi connectivity index (χ3v) is 5.51. The van der Waals surface area contributed by atoms with Gasteiger partial charge in [0.15, 0.2) is 5.65 Å². The monoisotopic (exact) mass is 377 g/mol. The maximum absolute atomic E-state index is 13.2. The molecule has 28 heavy (non-hydrogen) atoms. The predicted octanol–water partition coefficient (Wildman–Crippen LogP) is 3.41. The van der Waals surface area contributed by atoms with E-state index in [2.05, 4.69) is 36.5 Å². The zero-order chi connectivity index (χ0) is 19.7. The van der Waals surface area contributed by atoms with E-state index in [4.69, 9.17) is 4.98 Å². The summed E-state index contributed by atoms with van der Waals surface area (Å²) in [6.45, 7) is 8.14. The Bertz CT molecular complexity index is 979. The fourth-order valence-corrected chi connectivity index (χ4v) is 3.77. The zero-order valence-corrected chi connectivity index (χ0v) is 16.6. The number of amides is 1. The van der Waals surface area contributed by atoms with Gasteiger partial charge in [0.25, 0.3) is 5.91 Å². The average Bonchev–Trinajstić information content (AvgIpc) is 3.14. The second-order valence-electron chi connectivity index (χ2n) is 7.89. The van der Waals surface area contributed by atoms with E-state index in [1.807, 2.05) is 41.1 Å². The molecule has 1 aliphatic rings. The highest BCUT2D eigenvalue weighted by Crippen LogP contribution is 2.26. The Morgan fingerprint density at radius 3 is 2.79 bits per heavy atom. The molecule has 0 spiro atoms. The van der Waals surface area contributed by atoms with Gasteiger partial charge in [0.1, 0.15) is 0 Å². The Labute approximate surface area is 165 Å². The first-order chi connectivity index (χ1) is 13.5. The van der Waals surface area contributed by atoms with Gasteiger partial charge in [-0.25, -0.2) is 9.67 Å². The minimum absolute atomic E-state index is 0.0616. The molecular weight excluding hydrogens is 350 g/mol. The molecule has 0 radical (unpaired) electrons. The van der Waals surface area contributed by atoms with Crippen LogP contribution in [0.3, 0.4) is 0 Å². The van der Waals surface area contributed by atoms with Crippen LogP contribution in [0, 0.1) is 5.92 Å². The number of aromatic nitrogens is 3. The Morgan fingerprint density at radius 2 is 2.07 bits per heavy atom. The highest BCUT2D eigenvalue weighted by Gasteiger charge is 2.25. The molecule has 1 saturated heterocycles. The van der Waals surface area contributed by atoms with Crippen LogP contribution in [-0.4, -0.2) is 39.8 Å². The summed E-state index contributed by atoms with van der Waals surface area (Å²) in [6.07, 6.45) is 2.83. The number of nitrogens with zero attached hydrogens (tertiary/aromatic N) is 3. The third-order valence-electron chi connectivity index (χ3n) is 5.51. The maximum atomic E-state index is 13.2. The quantitative estimate of drug-likeness (QED) is 0.731. The molecular formula is C22H27N5O. The molecule has 2 aromatic heterocycles. The summed E-state index contributed by atoms with van der Waals surface area (Å²) in [6, 6.07) is 12.1. The van der Waals surface area contributed by atoms with Crippen molar-refractivity contribution in [1.82, 2.24) is 25.4 Å². The Balaban J connectivity index is 1.78. The second-order valence-corrected chi connectivity index (χ2v) is 7.89. The fourth-order valence-electron chi connectivity index (χ4n) is 3.77. The van der Waals surface area contributed by atoms with Crippen molar-refractivity contribution < 1.29 is 4.79 Å². The van der Waals surface area contributed by atoms with Crippen molar-refractivity contribution in [3.63, 3.8) is 0 Å². The lowest BCUT2D eigenvalue weighted by Gasteiger charge is -2.30. The second kappa shape index (κ2) is 7.72. The number of carbonyl (C=O) groups is 1. The van der Waals surface area contributed by atoms with Gasteiger partial charge in [-0.3, -0.25) is 4.79 Å². The number of hydrogen-bond donors (Lipinski definition) is 2. The van der Waals surface area contributed by atoms with Crippen molar-refractivity contribution in [3.8, 4) is 11.3 Å². The molecule has 2 N–H and O–H groups in total. The molecule has 1 aliphatic heterocycles. The first-order valence-electron chi connectivity index (χ1n) is 10.00. The molecule has 4 rings (SSSR count). The molecule has 3 aromatic rings. The molecule has 1 amide bonds. The molecule has 2 unspecified atom stereocenters. The minimum atomic E-state index is -0.0616. The summed E-state index contributed by atoms with van der Waals surface area (Å²) in [7, 11) is 0. The lowest BCUT2D eigenvalue weighted by atomic mass is 9.94. The number of hydrogen-bond acceptors (Lipinski definition) is 4. The summed E-state index contributed by atoms with van der Waals surface area (Å²) in [5.74, 6) is 0.392. The van der Waals surface area contributed by atoms with E-state index in [0.29, 0.717) is 11.5 Å². The summed E-state index contributed by atoms with van der Waals surface area (Å²) < 4.78 is 1.88. The van der Waals surface area contributed by atoms with Crippen LogP contribution in [0.25, 0.3) is 22.3 Å². The molecule has 2 atom stereocenters. The van der Waals surface area contributed by atoms with Gasteiger partial charge in [0.2, 0.25) is 0 Å². The van der Waals surface area contributed by atoms with Crippen LogP contribution < -0.4 is 10.6 Å². The molecule has 1 fully saturated rings. The summed E-state index contributed by atoms with van der Waals surface area (Å²) in [5, 5.41) is 11.9. The molecule has 3 heterocycles. The van der Waals surface area contributed by atoms with Crippen LogP contribution in [0.5, 0.6) is 0 Å². The van der Waals surface area contributed by atoms with Crippen molar-refractivity contribution in [2.45, 2.75) is 39.3 Å². The fraction of sp³-hybridized carbons (Fsp3) is 0.409. The topological polar surface area (TPSA) is 71.8 Å². The number of pyridine rings is 1. The van der Waals surface area contributed by atoms with Gasteiger partial charge in [-0.2, -0.15) is 5.10 Å². The van der Waals surface area contributed by atoms with E-state index < -0.39 is 0 Å². The summed E-state index contributed by atoms with van der Waals surface area (Å²) in [4.78, 5) is 18.1. The molecule has 1 aromatic carbocycles. The number of rotatable bonds is 4. The van der Waals surface area contributed by atoms with Crippen LogP contribution in [0.15, 0.2) is 42.6 Å². The van der Waals surface area contributed by atoms with E-state index in [1.54, 1.807) is 6.20 Å². The molecule has 6 heteroatoms. The molecule has 0 aliphatic carbocycles. The highest BCUT2D eigenvalue weighted by molar-refractivity contribution is 6.06. The molecule has 146 valence electrons. The summed E-state index contributed by atoms with van der Waals surface area (Å²) >= 11 is 0. The number of nitrogens with one attached hydrogen (secondary N) is 2. The lowest BCUT2D eigenvalue weighted by molar-refractivity contribution is 0.0917. The van der Waals surface area contributed by atoms with Crippen LogP contribution in [0.1, 0.15) is 43.6 Å². The van der Waals surface area contributed by atoms with Crippen molar-refractivity contribution in [2.24, 2.45) is 5.92 Å². The van der Waals surface area contributed by atoms with Crippen molar-refractivity contribution in [2.75, 3.05) is 13.1 Å². The van der Waals surface area contributed by atoms with Gasteiger partial charge < -0.3 is 10.6 Å². The maximum Gasteiger partial charge on any atom is 0.252 e. The number of benzene rings is 1. The smallest absolute Gasteiger partial charge is 0.252 e. The zero-order valence-electron chi connectivity index (χ0n) is 16.6. The first kappa shape index (κ1) is 18.6. The third kappa shape index (κ3) is 3.52. The van der Waals surface area contributed by atoms with Gasteiger partial charge in [-0.15, -0.1) is 0 Å². The first-order valence-corrected chi connectivity index (χ1v) is 10.00. The predicted molar refractivity (Wildman–Crippen MR) is 111 cm³/mol. The molecule has 0 saturated carbocycles. The number of piperidine rings is 1. The van der Waals surface area contributed by atoms with Gasteiger partial charge >= 0.3 is 0 Å². The van der Waals surface area contributed by atoms with E-state index in [0.717, 1.165) is 41.8 Å². The lowest BCUT2D eigenvalue weighted by Crippen LogP contribution is -2.50. The minimum Gasteiger partial charge on any atom is -0.348 e. The number of fused-ring (bicyclic) bond motifs is 1. The van der Waals surface area contributed by atoms with E-state index in [9.17, 15) is 4.79 Å². The highest BCUT2D eigenvalue weighted by atomic mass is 16.1. The van der Waals surface area contributed by atoms with Gasteiger partial charge in [-0.05, 0) is 38.8 Å². The normalized spacial score (nSPS) is 19.9. The largest absolute Gasteiger partial charge is 0.348 e. The van der Waals surface area contributed by atoms with Gasteiger partial charge in [0.05, 0.1) is 22.8 Å². The standard InChI is InChI=1S/C22H27N5O/c1-14(2)27-21-18(12-24-27)17(11-19(25-21)16-7-5-4-6-8-16)22(28)26-20-13-23-10-9-15(20)3/h4-8,11-12,14-15,20,23H,9-10,13H2,1-3H3,(H,26,28). The van der Waals surface area contributed by atoms with E-state index in [1.165, 1.54) is 0 Å². The average molecular weight is 377 g/mol. The van der Waals surface area contributed by atoms with Crippen LogP contribution in [0.4, 0.5) is 0 Å². The molecule has 0 bridgehead atoms. The van der Waals surface area contributed by atoms with Crippen molar-refractivity contribution in [1.29, 1.82) is 0 Å². The van der Waals surface area contributed by atoms with Gasteiger partial charge in [-0.1, -0.05) is 37.3 Å². The Hall–Kier alpha value is -2.73. The van der Waals surface area contributed by atoms with E-state index >= 15 is 0 Å². The van der Waals surface area contributed by atoms with Gasteiger partial charge in [0, 0.05) is 24.2 Å². The Kier molecular flexibility index (Phi) is 5.13. The van der Waals surface area contributed by atoms with Crippen molar-refractivity contribution >= 4 is 16.9 Å². The SMILES string of the molecule is CC1CCNCC1NC(=O)c1cc(-c2ccccc2)nc2c1cnn2C(C)C.